The summed E-state index contributed by atoms with van der Waals surface area (Å²) in [5.41, 5.74) is 3.42. The Balaban J connectivity index is 1.01. The summed E-state index contributed by atoms with van der Waals surface area (Å²) in [5.74, 6) is 6.75. The SMILES string of the molecule is O=S(=O)(C1CC1)N1CCC(C#Cc2ccc(-c3nc4nc(OC5COC6C(O)COC56)[nH]c4cc3Cl)cc2)CC1. The van der Waals surface area contributed by atoms with Crippen LogP contribution in [0.4, 0.5) is 0 Å². The van der Waals surface area contributed by atoms with Gasteiger partial charge in [0, 0.05) is 30.1 Å². The molecule has 210 valence electrons. The zero-order valence-corrected chi connectivity index (χ0v) is 23.2. The Hall–Kier alpha value is -2.72. The van der Waals surface area contributed by atoms with E-state index in [0.717, 1.165) is 36.8 Å². The second-order valence-corrected chi connectivity index (χ2v) is 13.4. The maximum Gasteiger partial charge on any atom is 0.296 e. The number of benzene rings is 1. The molecule has 3 aliphatic heterocycles. The number of hydrogen-bond donors (Lipinski definition) is 2. The van der Waals surface area contributed by atoms with Crippen LogP contribution in [0.25, 0.3) is 22.4 Å². The third kappa shape index (κ3) is 4.98. The number of sulfonamides is 1. The molecular weight excluding hydrogens is 556 g/mol. The van der Waals surface area contributed by atoms with Gasteiger partial charge in [-0.05, 0) is 43.9 Å². The number of pyridine rings is 1. The van der Waals surface area contributed by atoms with E-state index in [0.29, 0.717) is 41.6 Å². The monoisotopic (exact) mass is 584 g/mol. The molecule has 4 atom stereocenters. The molecule has 7 rings (SSSR count). The van der Waals surface area contributed by atoms with Crippen molar-refractivity contribution in [3.05, 3.63) is 40.9 Å². The maximum atomic E-state index is 12.4. The number of ether oxygens (including phenoxy) is 3. The van der Waals surface area contributed by atoms with Gasteiger partial charge in [0.25, 0.3) is 6.01 Å². The van der Waals surface area contributed by atoms with Gasteiger partial charge in [0.15, 0.2) is 11.8 Å². The van der Waals surface area contributed by atoms with E-state index in [-0.39, 0.29) is 42.1 Å². The van der Waals surface area contributed by atoms with Crippen molar-refractivity contribution in [2.75, 3.05) is 26.3 Å². The molecule has 12 heteroatoms. The highest BCUT2D eigenvalue weighted by atomic mass is 35.5. The zero-order valence-electron chi connectivity index (χ0n) is 21.6. The van der Waals surface area contributed by atoms with E-state index in [1.54, 1.807) is 10.4 Å². The molecule has 5 heterocycles. The summed E-state index contributed by atoms with van der Waals surface area (Å²) in [5, 5.41) is 10.3. The maximum absolute atomic E-state index is 12.4. The number of aliphatic hydroxyl groups is 1. The number of nitrogens with zero attached hydrogens (tertiary/aromatic N) is 3. The van der Waals surface area contributed by atoms with E-state index < -0.39 is 16.1 Å². The van der Waals surface area contributed by atoms with Crippen LogP contribution in [0.15, 0.2) is 30.3 Å². The molecule has 1 aliphatic carbocycles. The van der Waals surface area contributed by atoms with Crippen LogP contribution in [0.2, 0.25) is 5.02 Å². The normalized spacial score (nSPS) is 27.4. The molecule has 0 spiro atoms. The van der Waals surface area contributed by atoms with Crippen LogP contribution in [0.1, 0.15) is 31.2 Å². The average Bonchev–Trinajstić information content (AvgIpc) is 3.51. The number of imidazole rings is 1. The van der Waals surface area contributed by atoms with E-state index in [9.17, 15) is 13.5 Å². The Kier molecular flexibility index (Phi) is 6.73. The van der Waals surface area contributed by atoms with E-state index in [1.807, 2.05) is 24.3 Å². The number of H-pyrrole nitrogens is 1. The number of halogens is 1. The fraction of sp³-hybridized carbons (Fsp3) is 0.500. The number of piperidine rings is 1. The smallest absolute Gasteiger partial charge is 0.296 e. The summed E-state index contributed by atoms with van der Waals surface area (Å²) in [6, 6.07) is 9.78. The van der Waals surface area contributed by atoms with E-state index >= 15 is 0 Å². The highest BCUT2D eigenvalue weighted by Crippen LogP contribution is 2.34. The molecule has 2 N–H and O–H groups in total. The minimum Gasteiger partial charge on any atom is -0.456 e. The second-order valence-electron chi connectivity index (χ2n) is 10.8. The summed E-state index contributed by atoms with van der Waals surface area (Å²) in [6.07, 6.45) is 1.36. The molecule has 3 saturated heterocycles. The molecule has 3 aromatic rings. The Morgan fingerprint density at radius 3 is 2.55 bits per heavy atom. The second kappa shape index (κ2) is 10.3. The predicted octanol–water partition coefficient (Wildman–Crippen LogP) is 2.74. The lowest BCUT2D eigenvalue weighted by Gasteiger charge is -2.29. The number of fused-ring (bicyclic) bond motifs is 2. The van der Waals surface area contributed by atoms with Gasteiger partial charge in [-0.25, -0.2) is 17.7 Å². The van der Waals surface area contributed by atoms with Crippen molar-refractivity contribution in [2.24, 2.45) is 5.92 Å². The molecule has 40 heavy (non-hydrogen) atoms. The lowest BCUT2D eigenvalue weighted by Crippen LogP contribution is -2.40. The Bertz CT molecular complexity index is 1590. The van der Waals surface area contributed by atoms with E-state index in [1.165, 1.54) is 0 Å². The molecule has 1 saturated carbocycles. The average molecular weight is 585 g/mol. The highest BCUT2D eigenvalue weighted by Gasteiger charge is 2.48. The standard InChI is InChI=1S/C28H29ClN4O6S/c29-20-13-21-27(32-28(30-21)39-23-15-38-25-22(34)14-37-26(23)25)31-24(20)18-5-3-16(4-6-18)1-2-17-9-11-33(12-10-17)40(35,36)19-7-8-19/h3-6,13,17,19,22-23,25-26,34H,7-12,14-15H2,(H,30,31,32). The van der Waals surface area contributed by atoms with Gasteiger partial charge < -0.3 is 24.3 Å². The predicted molar refractivity (Wildman–Crippen MR) is 147 cm³/mol. The summed E-state index contributed by atoms with van der Waals surface area (Å²) in [6.45, 7) is 1.64. The molecule has 0 amide bonds. The first-order valence-electron chi connectivity index (χ1n) is 13.6. The summed E-state index contributed by atoms with van der Waals surface area (Å²) < 4.78 is 43.7. The highest BCUT2D eigenvalue weighted by molar-refractivity contribution is 7.90. The third-order valence-corrected chi connectivity index (χ3v) is 10.7. The van der Waals surface area contributed by atoms with E-state index in [4.69, 9.17) is 25.8 Å². The van der Waals surface area contributed by atoms with Gasteiger partial charge in [-0.3, -0.25) is 0 Å². The number of aliphatic hydroxyl groups excluding tert-OH is 1. The fourth-order valence-electron chi connectivity index (χ4n) is 5.57. The first-order chi connectivity index (χ1) is 19.3. The Labute approximate surface area is 237 Å². The van der Waals surface area contributed by atoms with Crippen molar-refractivity contribution in [3.8, 4) is 29.1 Å². The quantitative estimate of drug-likeness (QED) is 0.438. The van der Waals surface area contributed by atoms with Crippen LogP contribution in [0.5, 0.6) is 6.01 Å². The van der Waals surface area contributed by atoms with Gasteiger partial charge in [-0.1, -0.05) is 35.6 Å². The number of aromatic nitrogens is 3. The van der Waals surface area contributed by atoms with Crippen molar-refractivity contribution in [1.82, 2.24) is 19.3 Å². The van der Waals surface area contributed by atoms with Gasteiger partial charge in [0.1, 0.15) is 18.3 Å². The zero-order chi connectivity index (χ0) is 27.4. The Morgan fingerprint density at radius 2 is 1.80 bits per heavy atom. The molecular formula is C28H29ClN4O6S. The fourth-order valence-corrected chi connectivity index (χ4v) is 7.70. The number of aromatic amines is 1. The van der Waals surface area contributed by atoms with Gasteiger partial charge in [-0.2, -0.15) is 4.98 Å². The van der Waals surface area contributed by atoms with Crippen molar-refractivity contribution in [3.63, 3.8) is 0 Å². The molecule has 0 radical (unpaired) electrons. The van der Waals surface area contributed by atoms with Crippen molar-refractivity contribution in [1.29, 1.82) is 0 Å². The van der Waals surface area contributed by atoms with Crippen LogP contribution in [-0.2, 0) is 19.5 Å². The molecule has 4 fully saturated rings. The van der Waals surface area contributed by atoms with Gasteiger partial charge in [0.2, 0.25) is 10.0 Å². The molecule has 2 aromatic heterocycles. The third-order valence-electron chi connectivity index (χ3n) is 7.99. The van der Waals surface area contributed by atoms with Gasteiger partial charge in [0.05, 0.1) is 34.7 Å². The van der Waals surface area contributed by atoms with Gasteiger partial charge >= 0.3 is 0 Å². The van der Waals surface area contributed by atoms with E-state index in [2.05, 4.69) is 26.8 Å². The van der Waals surface area contributed by atoms with Crippen molar-refractivity contribution >= 4 is 32.8 Å². The number of nitrogens with one attached hydrogen (secondary N) is 1. The lowest BCUT2D eigenvalue weighted by molar-refractivity contribution is 0.00706. The molecule has 10 nitrogen and oxygen atoms in total. The molecule has 4 aliphatic rings. The minimum atomic E-state index is -3.10. The van der Waals surface area contributed by atoms with Crippen LogP contribution in [0, 0.1) is 17.8 Å². The van der Waals surface area contributed by atoms with Crippen molar-refractivity contribution < 1.29 is 27.7 Å². The van der Waals surface area contributed by atoms with Crippen LogP contribution in [-0.4, -0.2) is 88.8 Å². The van der Waals surface area contributed by atoms with Crippen LogP contribution >= 0.6 is 11.6 Å². The lowest BCUT2D eigenvalue weighted by atomic mass is 9.98. The van der Waals surface area contributed by atoms with Crippen LogP contribution in [0.3, 0.4) is 0 Å². The van der Waals surface area contributed by atoms with Crippen LogP contribution < -0.4 is 4.74 Å². The molecule has 0 bridgehead atoms. The molecule has 1 aromatic carbocycles. The largest absolute Gasteiger partial charge is 0.456 e. The number of rotatable bonds is 5. The first kappa shape index (κ1) is 26.2. The topological polar surface area (TPSA) is 127 Å². The summed E-state index contributed by atoms with van der Waals surface area (Å²) >= 11 is 6.58. The number of hydrogen-bond acceptors (Lipinski definition) is 8. The first-order valence-corrected chi connectivity index (χ1v) is 15.5. The Morgan fingerprint density at radius 1 is 1.05 bits per heavy atom. The van der Waals surface area contributed by atoms with Crippen molar-refractivity contribution in [2.45, 2.75) is 55.3 Å². The van der Waals surface area contributed by atoms with Gasteiger partial charge in [-0.15, -0.1) is 0 Å². The minimum absolute atomic E-state index is 0.154. The molecule has 4 unspecified atom stereocenters. The summed E-state index contributed by atoms with van der Waals surface area (Å²) in [4.78, 5) is 12.3. The summed E-state index contributed by atoms with van der Waals surface area (Å²) in [7, 11) is -3.10.